The molecule has 0 aromatic heterocycles. The second kappa shape index (κ2) is 4.48. The van der Waals surface area contributed by atoms with Crippen LogP contribution in [0.5, 0.6) is 0 Å². The van der Waals surface area contributed by atoms with Crippen molar-refractivity contribution in [1.29, 1.82) is 0 Å². The van der Waals surface area contributed by atoms with Crippen LogP contribution in [0.4, 0.5) is 18.9 Å². The maximum atomic E-state index is 13.5. The number of benzene rings is 2. The molecule has 0 atom stereocenters. The number of hydrogen-bond donors (Lipinski definition) is 0. The van der Waals surface area contributed by atoms with Crippen molar-refractivity contribution in [3.8, 4) is 11.1 Å². The van der Waals surface area contributed by atoms with Crippen LogP contribution in [0.2, 0.25) is 0 Å². The van der Waals surface area contributed by atoms with Crippen LogP contribution in [-0.2, 0) is 0 Å². The van der Waals surface area contributed by atoms with E-state index in [-0.39, 0.29) is 11.1 Å². The Morgan fingerprint density at radius 3 is 2.28 bits per heavy atom. The zero-order valence-corrected chi connectivity index (χ0v) is 8.86. The number of nitrogens with zero attached hydrogens (tertiary/aromatic N) is 1. The van der Waals surface area contributed by atoms with E-state index in [1.165, 1.54) is 6.07 Å². The summed E-state index contributed by atoms with van der Waals surface area (Å²) >= 11 is 0. The number of rotatable bonds is 2. The Bertz CT molecular complexity index is 629. The lowest BCUT2D eigenvalue weighted by molar-refractivity contribution is -0.387. The van der Waals surface area contributed by atoms with Gasteiger partial charge in [0.2, 0.25) is 5.82 Å². The predicted molar refractivity (Wildman–Crippen MR) is 58.4 cm³/mol. The quantitative estimate of drug-likeness (QED) is 0.605. The fourth-order valence-electron chi connectivity index (χ4n) is 1.54. The molecule has 0 heterocycles. The molecule has 0 aliphatic carbocycles. The molecule has 2 rings (SSSR count). The summed E-state index contributed by atoms with van der Waals surface area (Å²) in [6.45, 7) is 0. The predicted octanol–water partition coefficient (Wildman–Crippen LogP) is 3.68. The van der Waals surface area contributed by atoms with Gasteiger partial charge in [-0.3, -0.25) is 10.1 Å². The topological polar surface area (TPSA) is 43.1 Å². The molecule has 18 heavy (non-hydrogen) atoms. The molecule has 0 aliphatic heterocycles. The highest BCUT2D eigenvalue weighted by Crippen LogP contribution is 2.28. The van der Waals surface area contributed by atoms with Crippen molar-refractivity contribution in [2.45, 2.75) is 0 Å². The van der Waals surface area contributed by atoms with Gasteiger partial charge in [0.1, 0.15) is 11.6 Å². The van der Waals surface area contributed by atoms with E-state index in [0.717, 1.165) is 24.3 Å². The summed E-state index contributed by atoms with van der Waals surface area (Å²) in [5.74, 6) is -2.63. The molecule has 0 saturated heterocycles. The molecule has 0 saturated carbocycles. The lowest BCUT2D eigenvalue weighted by Gasteiger charge is -2.04. The average Bonchev–Trinajstić information content (AvgIpc) is 2.30. The molecular weight excluding hydrogens is 247 g/mol. The van der Waals surface area contributed by atoms with E-state index in [4.69, 9.17) is 0 Å². The van der Waals surface area contributed by atoms with Crippen LogP contribution in [0.25, 0.3) is 11.1 Å². The summed E-state index contributed by atoms with van der Waals surface area (Å²) in [6.07, 6.45) is 0. The van der Waals surface area contributed by atoms with Crippen LogP contribution in [0.3, 0.4) is 0 Å². The van der Waals surface area contributed by atoms with Crippen molar-refractivity contribution in [3.63, 3.8) is 0 Å². The first-order valence-electron chi connectivity index (χ1n) is 4.88. The van der Waals surface area contributed by atoms with Crippen molar-refractivity contribution < 1.29 is 18.1 Å². The molecule has 3 nitrogen and oxygen atoms in total. The van der Waals surface area contributed by atoms with Crippen LogP contribution in [0.15, 0.2) is 36.4 Å². The normalized spacial score (nSPS) is 10.4. The molecule has 0 spiro atoms. The third kappa shape index (κ3) is 2.17. The third-order valence-electron chi connectivity index (χ3n) is 2.38. The lowest BCUT2D eigenvalue weighted by Crippen LogP contribution is -1.94. The van der Waals surface area contributed by atoms with Gasteiger partial charge in [-0.05, 0) is 23.8 Å². The molecule has 2 aromatic carbocycles. The first kappa shape index (κ1) is 12.1. The van der Waals surface area contributed by atoms with Crippen molar-refractivity contribution in [3.05, 3.63) is 64.0 Å². The molecule has 0 radical (unpaired) electrons. The van der Waals surface area contributed by atoms with Gasteiger partial charge in [0, 0.05) is 17.7 Å². The van der Waals surface area contributed by atoms with E-state index < -0.39 is 28.1 Å². The van der Waals surface area contributed by atoms with Gasteiger partial charge in [0.25, 0.3) is 0 Å². The van der Waals surface area contributed by atoms with Gasteiger partial charge in [-0.15, -0.1) is 0 Å². The van der Waals surface area contributed by atoms with Crippen molar-refractivity contribution >= 4 is 5.69 Å². The van der Waals surface area contributed by atoms with Crippen LogP contribution in [0, 0.1) is 27.6 Å². The number of nitro groups is 1. The maximum absolute atomic E-state index is 13.5. The maximum Gasteiger partial charge on any atom is 0.305 e. The molecule has 0 unspecified atom stereocenters. The van der Waals surface area contributed by atoms with Crippen molar-refractivity contribution in [1.82, 2.24) is 0 Å². The average molecular weight is 253 g/mol. The van der Waals surface area contributed by atoms with E-state index in [2.05, 4.69) is 0 Å². The summed E-state index contributed by atoms with van der Waals surface area (Å²) in [7, 11) is 0. The fourth-order valence-corrected chi connectivity index (χ4v) is 1.54. The smallest absolute Gasteiger partial charge is 0.258 e. The summed E-state index contributed by atoms with van der Waals surface area (Å²) in [5.41, 5.74) is -0.670. The number of nitro benzene ring substituents is 1. The summed E-state index contributed by atoms with van der Waals surface area (Å²) in [6, 6.07) is 5.79. The first-order chi connectivity index (χ1) is 8.49. The Kier molecular flexibility index (Phi) is 3.01. The van der Waals surface area contributed by atoms with E-state index in [9.17, 15) is 23.3 Å². The Labute approximate surface area is 99.6 Å². The fraction of sp³-hybridized carbons (Fsp3) is 0. The minimum Gasteiger partial charge on any atom is -0.258 e. The van der Waals surface area contributed by atoms with Gasteiger partial charge in [-0.1, -0.05) is 6.07 Å². The summed E-state index contributed by atoms with van der Waals surface area (Å²) in [5, 5.41) is 10.6. The second-order valence-electron chi connectivity index (χ2n) is 3.55. The van der Waals surface area contributed by atoms with E-state index >= 15 is 0 Å². The second-order valence-corrected chi connectivity index (χ2v) is 3.55. The molecule has 0 amide bonds. The largest absolute Gasteiger partial charge is 0.305 e. The third-order valence-corrected chi connectivity index (χ3v) is 2.38. The van der Waals surface area contributed by atoms with Gasteiger partial charge in [0.15, 0.2) is 0 Å². The van der Waals surface area contributed by atoms with Crippen LogP contribution in [-0.4, -0.2) is 4.92 Å². The molecule has 2 aromatic rings. The monoisotopic (exact) mass is 253 g/mol. The molecule has 0 fully saturated rings. The highest BCUT2D eigenvalue weighted by Gasteiger charge is 2.16. The highest BCUT2D eigenvalue weighted by atomic mass is 19.1. The van der Waals surface area contributed by atoms with Gasteiger partial charge < -0.3 is 0 Å². The Morgan fingerprint density at radius 2 is 1.67 bits per heavy atom. The Balaban J connectivity index is 2.58. The summed E-state index contributed by atoms with van der Waals surface area (Å²) < 4.78 is 39.3. The molecule has 0 aliphatic rings. The van der Waals surface area contributed by atoms with E-state index in [1.54, 1.807) is 0 Å². The highest BCUT2D eigenvalue weighted by molar-refractivity contribution is 5.66. The SMILES string of the molecule is O=[N+]([O-])c1cc(-c2ccc(F)cc2F)ccc1F. The Hall–Kier alpha value is -2.37. The van der Waals surface area contributed by atoms with E-state index in [1.807, 2.05) is 0 Å². The van der Waals surface area contributed by atoms with Gasteiger partial charge in [-0.25, -0.2) is 8.78 Å². The Morgan fingerprint density at radius 1 is 0.944 bits per heavy atom. The molecular formula is C12H6F3NO2. The van der Waals surface area contributed by atoms with Crippen LogP contribution in [0.1, 0.15) is 0 Å². The summed E-state index contributed by atoms with van der Waals surface area (Å²) in [4.78, 5) is 9.65. The molecule has 92 valence electrons. The van der Waals surface area contributed by atoms with Crippen LogP contribution >= 0.6 is 0 Å². The first-order valence-corrected chi connectivity index (χ1v) is 4.88. The zero-order valence-electron chi connectivity index (χ0n) is 8.86. The van der Waals surface area contributed by atoms with Gasteiger partial charge >= 0.3 is 5.69 Å². The van der Waals surface area contributed by atoms with E-state index in [0.29, 0.717) is 6.07 Å². The minimum absolute atomic E-state index is 0.0282. The standard InChI is InChI=1S/C12H6F3NO2/c13-8-2-3-9(11(15)6-8)7-1-4-10(14)12(5-7)16(17)18/h1-6H. The van der Waals surface area contributed by atoms with Crippen molar-refractivity contribution in [2.24, 2.45) is 0 Å². The van der Waals surface area contributed by atoms with Gasteiger partial charge in [-0.2, -0.15) is 4.39 Å². The molecule has 0 bridgehead atoms. The zero-order chi connectivity index (χ0) is 13.3. The lowest BCUT2D eigenvalue weighted by atomic mass is 10.0. The number of hydrogen-bond acceptors (Lipinski definition) is 2. The van der Waals surface area contributed by atoms with Crippen LogP contribution < -0.4 is 0 Å². The molecule has 6 heteroatoms. The number of halogens is 3. The van der Waals surface area contributed by atoms with Gasteiger partial charge in [0.05, 0.1) is 4.92 Å². The molecule has 0 N–H and O–H groups in total. The van der Waals surface area contributed by atoms with Crippen molar-refractivity contribution in [2.75, 3.05) is 0 Å². The minimum atomic E-state index is -1.01.